The monoisotopic (exact) mass is 321 g/mol. The number of rotatable bonds is 7. The molecule has 1 heterocycles. The van der Waals surface area contributed by atoms with Gasteiger partial charge in [-0.15, -0.1) is 0 Å². The van der Waals surface area contributed by atoms with E-state index < -0.39 is 0 Å². The Labute approximate surface area is 136 Å². The molecule has 0 atom stereocenters. The summed E-state index contributed by atoms with van der Waals surface area (Å²) in [5.74, 6) is 1.14. The predicted molar refractivity (Wildman–Crippen MR) is 86.6 cm³/mol. The molecule has 0 radical (unpaired) electrons. The zero-order chi connectivity index (χ0) is 16.8. The molecular formula is C16H23N3O4. The van der Waals surface area contributed by atoms with Gasteiger partial charge in [-0.25, -0.2) is 0 Å². The summed E-state index contributed by atoms with van der Waals surface area (Å²) >= 11 is 0. The molecule has 7 heteroatoms. The third kappa shape index (κ3) is 5.14. The minimum atomic E-state index is -0.139. The summed E-state index contributed by atoms with van der Waals surface area (Å²) in [6.07, 6.45) is 0.251. The second kappa shape index (κ2) is 7.82. The highest BCUT2D eigenvalue weighted by molar-refractivity contribution is 5.91. The lowest BCUT2D eigenvalue weighted by molar-refractivity contribution is -0.129. The van der Waals surface area contributed by atoms with Crippen LogP contribution in [0, 0.1) is 0 Å². The molecule has 0 saturated heterocycles. The van der Waals surface area contributed by atoms with Gasteiger partial charge in [-0.1, -0.05) is 0 Å². The number of likely N-dealkylation sites (N-methyl/N-ethyl adjacent to an activating group) is 1. The molecule has 126 valence electrons. The molecule has 1 aliphatic heterocycles. The minimum Gasteiger partial charge on any atom is -0.454 e. The van der Waals surface area contributed by atoms with Crippen LogP contribution in [0.15, 0.2) is 18.2 Å². The van der Waals surface area contributed by atoms with Crippen LogP contribution in [-0.2, 0) is 9.59 Å². The van der Waals surface area contributed by atoms with Crippen molar-refractivity contribution < 1.29 is 19.1 Å². The second-order valence-electron chi connectivity index (χ2n) is 5.68. The van der Waals surface area contributed by atoms with Gasteiger partial charge in [-0.2, -0.15) is 0 Å². The summed E-state index contributed by atoms with van der Waals surface area (Å²) in [4.78, 5) is 27.3. The van der Waals surface area contributed by atoms with E-state index in [2.05, 4.69) is 5.32 Å². The summed E-state index contributed by atoms with van der Waals surface area (Å²) < 4.78 is 10.5. The van der Waals surface area contributed by atoms with E-state index in [1.807, 2.05) is 19.0 Å². The first kappa shape index (κ1) is 17.1. The van der Waals surface area contributed by atoms with Crippen LogP contribution < -0.4 is 14.8 Å². The summed E-state index contributed by atoms with van der Waals surface area (Å²) in [6, 6.07) is 5.26. The minimum absolute atomic E-state index is 0.0253. The maximum absolute atomic E-state index is 12.0. The van der Waals surface area contributed by atoms with Gasteiger partial charge in [0.25, 0.3) is 0 Å². The second-order valence-corrected chi connectivity index (χ2v) is 5.68. The Bertz CT molecular complexity index is 574. The number of nitrogens with one attached hydrogen (secondary N) is 1. The molecule has 2 amide bonds. The molecule has 7 nitrogen and oxygen atoms in total. The third-order valence-corrected chi connectivity index (χ3v) is 3.53. The number of hydrogen-bond donors (Lipinski definition) is 1. The molecule has 0 bridgehead atoms. The summed E-state index contributed by atoms with van der Waals surface area (Å²) in [5, 5.41) is 2.81. The molecule has 0 saturated carbocycles. The van der Waals surface area contributed by atoms with E-state index in [4.69, 9.17) is 9.47 Å². The first-order valence-electron chi connectivity index (χ1n) is 7.55. The highest BCUT2D eigenvalue weighted by Gasteiger charge is 2.15. The number of nitrogens with zero attached hydrogens (tertiary/aromatic N) is 2. The van der Waals surface area contributed by atoms with Gasteiger partial charge < -0.3 is 24.6 Å². The molecule has 0 aliphatic carbocycles. The van der Waals surface area contributed by atoms with Crippen LogP contribution in [-0.4, -0.2) is 62.1 Å². The molecule has 1 aromatic rings. The maximum atomic E-state index is 12.0. The lowest BCUT2D eigenvalue weighted by Gasteiger charge is -2.22. The first-order chi connectivity index (χ1) is 11.0. The number of carbonyl (C=O) groups is 2. The predicted octanol–water partition coefficient (Wildman–Crippen LogP) is 1.15. The largest absolute Gasteiger partial charge is 0.454 e. The van der Waals surface area contributed by atoms with E-state index in [0.29, 0.717) is 30.3 Å². The molecular weight excluding hydrogens is 298 g/mol. The molecule has 0 aromatic heterocycles. The van der Waals surface area contributed by atoms with E-state index in [1.54, 1.807) is 23.1 Å². The number of anilines is 1. The molecule has 23 heavy (non-hydrogen) atoms. The van der Waals surface area contributed by atoms with Crippen LogP contribution >= 0.6 is 0 Å². The smallest absolute Gasteiger partial charge is 0.231 e. The van der Waals surface area contributed by atoms with Crippen molar-refractivity contribution in [3.63, 3.8) is 0 Å². The number of hydrogen-bond acceptors (Lipinski definition) is 5. The van der Waals surface area contributed by atoms with Crippen LogP contribution in [0.4, 0.5) is 5.69 Å². The zero-order valence-corrected chi connectivity index (χ0v) is 13.8. The first-order valence-corrected chi connectivity index (χ1v) is 7.55. The highest BCUT2D eigenvalue weighted by Crippen LogP contribution is 2.34. The third-order valence-electron chi connectivity index (χ3n) is 3.53. The number of amides is 2. The molecule has 1 N–H and O–H groups in total. The molecule has 0 unspecified atom stereocenters. The normalized spacial score (nSPS) is 12.3. The lowest BCUT2D eigenvalue weighted by atomic mass is 10.2. The molecule has 2 rings (SSSR count). The summed E-state index contributed by atoms with van der Waals surface area (Å²) in [5.41, 5.74) is 0.655. The number of benzene rings is 1. The molecule has 1 aliphatic rings. The molecule has 0 spiro atoms. The van der Waals surface area contributed by atoms with Gasteiger partial charge in [0.05, 0.1) is 0 Å². The summed E-state index contributed by atoms with van der Waals surface area (Å²) in [6.45, 7) is 3.50. The van der Waals surface area contributed by atoms with Crippen molar-refractivity contribution in [2.75, 3.05) is 45.8 Å². The molecule has 0 fully saturated rings. The topological polar surface area (TPSA) is 71.1 Å². The van der Waals surface area contributed by atoms with Crippen molar-refractivity contribution >= 4 is 17.5 Å². The van der Waals surface area contributed by atoms with Crippen LogP contribution in [0.1, 0.15) is 13.3 Å². The van der Waals surface area contributed by atoms with Crippen molar-refractivity contribution in [2.24, 2.45) is 0 Å². The van der Waals surface area contributed by atoms with Crippen LogP contribution in [0.2, 0.25) is 0 Å². The van der Waals surface area contributed by atoms with Gasteiger partial charge in [0.15, 0.2) is 11.5 Å². The maximum Gasteiger partial charge on any atom is 0.231 e. The van der Waals surface area contributed by atoms with Gasteiger partial charge in [0, 0.05) is 44.7 Å². The van der Waals surface area contributed by atoms with Crippen molar-refractivity contribution in [1.82, 2.24) is 9.80 Å². The quantitative estimate of drug-likeness (QED) is 0.816. The van der Waals surface area contributed by atoms with E-state index >= 15 is 0 Å². The SMILES string of the molecule is CC(=O)N(CCC(=O)Nc1ccc2c(c1)OCO2)CCN(C)C. The fourth-order valence-electron chi connectivity index (χ4n) is 2.18. The average molecular weight is 321 g/mol. The Morgan fingerprint density at radius 1 is 1.13 bits per heavy atom. The van der Waals surface area contributed by atoms with Gasteiger partial charge in [0.2, 0.25) is 18.6 Å². The standard InChI is InChI=1S/C16H23N3O4/c1-12(20)19(9-8-18(2)3)7-6-16(21)17-13-4-5-14-15(10-13)23-11-22-14/h4-5,10H,6-9,11H2,1-3H3,(H,17,21). The van der Waals surface area contributed by atoms with Crippen molar-refractivity contribution in [2.45, 2.75) is 13.3 Å². The Balaban J connectivity index is 1.82. The van der Waals surface area contributed by atoms with Gasteiger partial charge in [0.1, 0.15) is 0 Å². The highest BCUT2D eigenvalue weighted by atomic mass is 16.7. The fourth-order valence-corrected chi connectivity index (χ4v) is 2.18. The van der Waals surface area contributed by atoms with Gasteiger partial charge in [-0.3, -0.25) is 9.59 Å². The average Bonchev–Trinajstić information content (AvgIpc) is 2.94. The van der Waals surface area contributed by atoms with E-state index in [-0.39, 0.29) is 25.0 Å². The van der Waals surface area contributed by atoms with Crippen molar-refractivity contribution in [3.8, 4) is 11.5 Å². The number of carbonyl (C=O) groups excluding carboxylic acids is 2. The zero-order valence-electron chi connectivity index (χ0n) is 13.8. The van der Waals surface area contributed by atoms with Crippen LogP contribution in [0.5, 0.6) is 11.5 Å². The lowest BCUT2D eigenvalue weighted by Crippen LogP contribution is -2.37. The van der Waals surface area contributed by atoms with Crippen LogP contribution in [0.3, 0.4) is 0 Å². The van der Waals surface area contributed by atoms with E-state index in [9.17, 15) is 9.59 Å². The fraction of sp³-hybridized carbons (Fsp3) is 0.500. The Kier molecular flexibility index (Phi) is 5.81. The van der Waals surface area contributed by atoms with Crippen molar-refractivity contribution in [1.29, 1.82) is 0 Å². The van der Waals surface area contributed by atoms with Crippen molar-refractivity contribution in [3.05, 3.63) is 18.2 Å². The Hall–Kier alpha value is -2.28. The van der Waals surface area contributed by atoms with Gasteiger partial charge >= 0.3 is 0 Å². The molecule has 1 aromatic carbocycles. The number of ether oxygens (including phenoxy) is 2. The Morgan fingerprint density at radius 3 is 2.57 bits per heavy atom. The van der Waals surface area contributed by atoms with E-state index in [0.717, 1.165) is 6.54 Å². The van der Waals surface area contributed by atoms with Crippen LogP contribution in [0.25, 0.3) is 0 Å². The summed E-state index contributed by atoms with van der Waals surface area (Å²) in [7, 11) is 3.90. The number of fused-ring (bicyclic) bond motifs is 1. The Morgan fingerprint density at radius 2 is 1.87 bits per heavy atom. The van der Waals surface area contributed by atoms with E-state index in [1.165, 1.54) is 6.92 Å². The van der Waals surface area contributed by atoms with Gasteiger partial charge in [-0.05, 0) is 26.2 Å².